The average Bonchev–Trinajstić information content (AvgIpc) is 2.55. The minimum atomic E-state index is -0.174. The van der Waals surface area contributed by atoms with Crippen LogP contribution in [-0.2, 0) is 9.53 Å². The summed E-state index contributed by atoms with van der Waals surface area (Å²) < 4.78 is 5.08. The molecule has 0 aliphatic heterocycles. The van der Waals surface area contributed by atoms with E-state index in [-0.39, 0.29) is 29.9 Å². The van der Waals surface area contributed by atoms with Crippen LogP contribution in [0.3, 0.4) is 0 Å². The zero-order chi connectivity index (χ0) is 18.4. The number of nitrogens with zero attached hydrogens (tertiary/aromatic N) is 1. The van der Waals surface area contributed by atoms with Gasteiger partial charge in [-0.15, -0.1) is 0 Å². The summed E-state index contributed by atoms with van der Waals surface area (Å²) in [5.74, 6) is -0.354. The lowest BCUT2D eigenvalue weighted by atomic mass is 9.86. The molecule has 2 rings (SSSR count). The summed E-state index contributed by atoms with van der Waals surface area (Å²) >= 11 is 5.94. The molecule has 1 aliphatic carbocycles. The van der Waals surface area contributed by atoms with Crippen LogP contribution in [-0.4, -0.2) is 35.6 Å². The Bertz CT molecular complexity index is 614. The molecule has 0 unspecified atom stereocenters. The number of carbonyl (C=O) groups excluding carboxylic acids is 2. The highest BCUT2D eigenvalue weighted by molar-refractivity contribution is 6.29. The van der Waals surface area contributed by atoms with E-state index < -0.39 is 0 Å². The number of hydrogen-bond donors (Lipinski definition) is 2. The third-order valence-corrected chi connectivity index (χ3v) is 4.45. The number of aromatic nitrogens is 1. The second-order valence-corrected chi connectivity index (χ2v) is 7.01. The second kappa shape index (κ2) is 9.04. The van der Waals surface area contributed by atoms with Gasteiger partial charge in [-0.2, -0.15) is 0 Å². The van der Waals surface area contributed by atoms with Crippen molar-refractivity contribution in [2.24, 2.45) is 5.92 Å². The summed E-state index contributed by atoms with van der Waals surface area (Å²) in [7, 11) is 0. The number of halogens is 1. The van der Waals surface area contributed by atoms with E-state index in [0.29, 0.717) is 23.0 Å². The molecular weight excluding hydrogens is 342 g/mol. The molecule has 1 saturated carbocycles. The maximum atomic E-state index is 12.6. The fraction of sp³-hybridized carbons (Fsp3) is 0.611. The fourth-order valence-electron chi connectivity index (χ4n) is 3.04. The number of ether oxygens (including phenoxy) is 1. The maximum Gasteiger partial charge on any atom is 0.308 e. The molecule has 1 amide bonds. The minimum Gasteiger partial charge on any atom is -0.466 e. The molecule has 1 aromatic rings. The highest BCUT2D eigenvalue weighted by Crippen LogP contribution is 2.26. The summed E-state index contributed by atoms with van der Waals surface area (Å²) in [6.45, 7) is 6.21. The highest BCUT2D eigenvalue weighted by atomic mass is 35.5. The van der Waals surface area contributed by atoms with Crippen LogP contribution < -0.4 is 10.6 Å². The van der Waals surface area contributed by atoms with Crippen molar-refractivity contribution in [3.63, 3.8) is 0 Å². The van der Waals surface area contributed by atoms with Crippen molar-refractivity contribution in [1.29, 1.82) is 0 Å². The molecule has 1 aromatic heterocycles. The number of esters is 1. The van der Waals surface area contributed by atoms with Crippen LogP contribution in [0.5, 0.6) is 0 Å². The second-order valence-electron chi connectivity index (χ2n) is 6.63. The van der Waals surface area contributed by atoms with E-state index in [1.165, 1.54) is 6.20 Å². The fourth-order valence-corrected chi connectivity index (χ4v) is 3.20. The lowest BCUT2D eigenvalue weighted by Crippen LogP contribution is -2.39. The first kappa shape index (κ1) is 19.5. The standard InChI is InChI=1S/C18H26ClN3O3/c1-4-25-18(24)12-5-7-13(8-6-12)22-17(23)14-10-20-16(19)9-15(14)21-11(2)3/h9-13H,4-8H2,1-3H3,(H,20,21)(H,22,23)/t12-,13-. The van der Waals surface area contributed by atoms with Crippen LogP contribution in [0.1, 0.15) is 56.8 Å². The molecule has 2 N–H and O–H groups in total. The van der Waals surface area contributed by atoms with Crippen LogP contribution in [0, 0.1) is 5.92 Å². The molecule has 0 aromatic carbocycles. The average molecular weight is 368 g/mol. The van der Waals surface area contributed by atoms with Crippen molar-refractivity contribution in [1.82, 2.24) is 10.3 Å². The Morgan fingerprint density at radius 2 is 2.00 bits per heavy atom. The van der Waals surface area contributed by atoms with Gasteiger partial charge in [-0.05, 0) is 52.5 Å². The summed E-state index contributed by atoms with van der Waals surface area (Å²) in [5.41, 5.74) is 1.15. The van der Waals surface area contributed by atoms with Gasteiger partial charge in [0.1, 0.15) is 5.15 Å². The molecular formula is C18H26ClN3O3. The number of amides is 1. The Morgan fingerprint density at radius 3 is 2.60 bits per heavy atom. The first-order valence-electron chi connectivity index (χ1n) is 8.80. The topological polar surface area (TPSA) is 80.3 Å². The van der Waals surface area contributed by atoms with Crippen molar-refractivity contribution >= 4 is 29.2 Å². The Balaban J connectivity index is 1.96. The van der Waals surface area contributed by atoms with E-state index in [1.807, 2.05) is 20.8 Å². The lowest BCUT2D eigenvalue weighted by Gasteiger charge is -2.28. The predicted octanol–water partition coefficient (Wildman–Crippen LogP) is 3.41. The van der Waals surface area contributed by atoms with Gasteiger partial charge >= 0.3 is 5.97 Å². The number of hydrogen-bond acceptors (Lipinski definition) is 5. The van der Waals surface area contributed by atoms with Crippen molar-refractivity contribution in [2.45, 2.75) is 58.5 Å². The molecule has 0 bridgehead atoms. The molecule has 0 saturated heterocycles. The van der Waals surface area contributed by atoms with Gasteiger partial charge in [0.2, 0.25) is 0 Å². The molecule has 1 fully saturated rings. The molecule has 138 valence electrons. The number of carbonyl (C=O) groups is 2. The van der Waals surface area contributed by atoms with Gasteiger partial charge in [0, 0.05) is 18.3 Å². The van der Waals surface area contributed by atoms with Gasteiger partial charge in [0.25, 0.3) is 5.91 Å². The van der Waals surface area contributed by atoms with E-state index >= 15 is 0 Å². The van der Waals surface area contributed by atoms with Gasteiger partial charge in [-0.1, -0.05) is 11.6 Å². The molecule has 6 nitrogen and oxygen atoms in total. The van der Waals surface area contributed by atoms with Crippen molar-refractivity contribution in [3.8, 4) is 0 Å². The van der Waals surface area contributed by atoms with E-state index in [1.54, 1.807) is 6.07 Å². The molecule has 7 heteroatoms. The number of pyridine rings is 1. The van der Waals surface area contributed by atoms with Crippen molar-refractivity contribution in [2.75, 3.05) is 11.9 Å². The van der Waals surface area contributed by atoms with E-state index in [4.69, 9.17) is 16.3 Å². The lowest BCUT2D eigenvalue weighted by molar-refractivity contribution is -0.149. The maximum absolute atomic E-state index is 12.6. The number of anilines is 1. The van der Waals surface area contributed by atoms with Gasteiger partial charge in [-0.25, -0.2) is 4.98 Å². The van der Waals surface area contributed by atoms with E-state index in [9.17, 15) is 9.59 Å². The van der Waals surface area contributed by atoms with Gasteiger partial charge in [-0.3, -0.25) is 9.59 Å². The summed E-state index contributed by atoms with van der Waals surface area (Å²) in [5, 5.41) is 6.61. The normalized spacial score (nSPS) is 20.2. The Kier molecular flexibility index (Phi) is 7.05. The highest BCUT2D eigenvalue weighted by Gasteiger charge is 2.28. The van der Waals surface area contributed by atoms with Crippen LogP contribution in [0.4, 0.5) is 5.69 Å². The zero-order valence-corrected chi connectivity index (χ0v) is 15.7. The Morgan fingerprint density at radius 1 is 1.32 bits per heavy atom. The summed E-state index contributed by atoms with van der Waals surface area (Å²) in [4.78, 5) is 28.4. The van der Waals surface area contributed by atoms with Crippen LogP contribution in [0.25, 0.3) is 0 Å². The van der Waals surface area contributed by atoms with Gasteiger partial charge in [0.15, 0.2) is 0 Å². The number of rotatable bonds is 6. The number of nitrogens with one attached hydrogen (secondary N) is 2. The van der Waals surface area contributed by atoms with E-state index in [2.05, 4.69) is 15.6 Å². The van der Waals surface area contributed by atoms with E-state index in [0.717, 1.165) is 25.7 Å². The van der Waals surface area contributed by atoms with Crippen molar-refractivity contribution < 1.29 is 14.3 Å². The largest absolute Gasteiger partial charge is 0.466 e. The zero-order valence-electron chi connectivity index (χ0n) is 15.0. The van der Waals surface area contributed by atoms with Crippen molar-refractivity contribution in [3.05, 3.63) is 23.0 Å². The Hall–Kier alpha value is -1.82. The summed E-state index contributed by atoms with van der Waals surface area (Å²) in [6.07, 6.45) is 4.50. The molecule has 0 spiro atoms. The quantitative estimate of drug-likeness (QED) is 0.595. The van der Waals surface area contributed by atoms with Crippen LogP contribution >= 0.6 is 11.6 Å². The van der Waals surface area contributed by atoms with Crippen LogP contribution in [0.15, 0.2) is 12.3 Å². The third-order valence-electron chi connectivity index (χ3n) is 4.24. The van der Waals surface area contributed by atoms with Crippen LogP contribution in [0.2, 0.25) is 5.15 Å². The third kappa shape index (κ3) is 5.59. The molecule has 1 aliphatic rings. The SMILES string of the molecule is CCOC(=O)[C@H]1CC[C@H](NC(=O)c2cnc(Cl)cc2NC(C)C)CC1. The molecule has 1 heterocycles. The Labute approximate surface area is 153 Å². The molecule has 25 heavy (non-hydrogen) atoms. The van der Waals surface area contributed by atoms with Gasteiger partial charge < -0.3 is 15.4 Å². The minimum absolute atomic E-state index is 0.0523. The summed E-state index contributed by atoms with van der Waals surface area (Å²) in [6, 6.07) is 1.89. The first-order valence-corrected chi connectivity index (χ1v) is 9.18. The smallest absolute Gasteiger partial charge is 0.308 e. The molecule has 0 radical (unpaired) electrons. The molecule has 0 atom stereocenters. The predicted molar refractivity (Wildman–Crippen MR) is 97.9 cm³/mol. The first-order chi connectivity index (χ1) is 11.9. The monoisotopic (exact) mass is 367 g/mol. The van der Waals surface area contributed by atoms with Gasteiger partial charge in [0.05, 0.1) is 23.8 Å².